The first kappa shape index (κ1) is 16.2. The maximum atomic E-state index is 12.5. The highest BCUT2D eigenvalue weighted by Gasteiger charge is 2.37. The molecule has 9 heteroatoms. The molecule has 1 fully saturated rings. The van der Waals surface area contributed by atoms with Gasteiger partial charge in [-0.25, -0.2) is 9.76 Å². The molecule has 0 aromatic rings. The van der Waals surface area contributed by atoms with Gasteiger partial charge in [-0.2, -0.15) is 0 Å². The first-order valence-electron chi connectivity index (χ1n) is 5.56. The zero-order chi connectivity index (χ0) is 13.6. The molecule has 1 aliphatic heterocycles. The van der Waals surface area contributed by atoms with E-state index in [2.05, 4.69) is 5.09 Å². The summed E-state index contributed by atoms with van der Waals surface area (Å²) in [7, 11) is -3.11. The number of rotatable bonds is 6. The molecule has 0 aliphatic carbocycles. The summed E-state index contributed by atoms with van der Waals surface area (Å²) in [6.45, 7) is 2.54. The Kier molecular flexibility index (Phi) is 6.92. The van der Waals surface area contributed by atoms with Gasteiger partial charge in [-0.1, -0.05) is 0 Å². The summed E-state index contributed by atoms with van der Waals surface area (Å²) in [5.74, 6) is 0.277. The van der Waals surface area contributed by atoms with E-state index in [-0.39, 0.29) is 19.1 Å². The van der Waals surface area contributed by atoms with E-state index in [0.29, 0.717) is 24.8 Å². The van der Waals surface area contributed by atoms with Crippen LogP contribution in [0.3, 0.4) is 0 Å². The van der Waals surface area contributed by atoms with Crippen LogP contribution in [0.5, 0.6) is 0 Å². The topological polar surface area (TPSA) is 67.9 Å². The fourth-order valence-electron chi connectivity index (χ4n) is 1.57. The van der Waals surface area contributed by atoms with E-state index < -0.39 is 13.8 Å². The zero-order valence-corrected chi connectivity index (χ0v) is 12.5. The molecular formula is C9H17Cl2N2O4P. The van der Waals surface area contributed by atoms with Crippen molar-refractivity contribution in [2.75, 3.05) is 38.0 Å². The third kappa shape index (κ3) is 4.68. The second kappa shape index (κ2) is 7.68. The van der Waals surface area contributed by atoms with Crippen LogP contribution in [0.25, 0.3) is 0 Å². The lowest BCUT2D eigenvalue weighted by molar-refractivity contribution is -0.148. The highest BCUT2D eigenvalue weighted by atomic mass is 35.5. The standard InChI is InChI=1S/C9H17Cl2N2O4P/c1-8(14)17-9-6-12-18(15,16-7-9)13(4-2-10)5-3-11/h9H,2-7H2,1H3,(H,12,15)/t9-,18-/m0/s1. The van der Waals surface area contributed by atoms with Crippen molar-refractivity contribution in [2.24, 2.45) is 0 Å². The molecule has 1 N–H and O–H groups in total. The largest absolute Gasteiger partial charge is 0.459 e. The molecule has 18 heavy (non-hydrogen) atoms. The molecule has 1 aliphatic rings. The Bertz CT molecular complexity index is 314. The molecule has 0 radical (unpaired) electrons. The molecule has 0 aromatic heterocycles. The summed E-state index contributed by atoms with van der Waals surface area (Å²) in [5, 5.41) is 2.79. The fourth-order valence-corrected chi connectivity index (χ4v) is 4.20. The maximum Gasteiger partial charge on any atom is 0.343 e. The Labute approximate surface area is 116 Å². The number of hydrogen-bond donors (Lipinski definition) is 1. The van der Waals surface area contributed by atoms with Gasteiger partial charge in [0.15, 0.2) is 0 Å². The number of esters is 1. The minimum atomic E-state index is -3.11. The van der Waals surface area contributed by atoms with E-state index in [9.17, 15) is 9.36 Å². The van der Waals surface area contributed by atoms with Crippen LogP contribution in [0.15, 0.2) is 0 Å². The third-order valence-electron chi connectivity index (χ3n) is 2.34. The third-order valence-corrected chi connectivity index (χ3v) is 4.91. The molecule has 0 aromatic carbocycles. The second-order valence-electron chi connectivity index (χ2n) is 3.74. The number of halogens is 2. The van der Waals surface area contributed by atoms with Gasteiger partial charge >= 0.3 is 13.6 Å². The Morgan fingerprint density at radius 3 is 2.50 bits per heavy atom. The molecule has 2 atom stereocenters. The van der Waals surface area contributed by atoms with Gasteiger partial charge in [0, 0.05) is 38.3 Å². The zero-order valence-electron chi connectivity index (χ0n) is 10.1. The second-order valence-corrected chi connectivity index (χ2v) is 6.68. The number of alkyl halides is 2. The molecule has 106 valence electrons. The number of ether oxygens (including phenoxy) is 1. The molecule has 1 saturated heterocycles. The normalized spacial score (nSPS) is 28.3. The lowest BCUT2D eigenvalue weighted by Gasteiger charge is -2.35. The van der Waals surface area contributed by atoms with E-state index in [1.54, 1.807) is 4.67 Å². The quantitative estimate of drug-likeness (QED) is 0.454. The summed E-state index contributed by atoms with van der Waals surface area (Å²) in [6.07, 6.45) is -0.418. The predicted octanol–water partition coefficient (Wildman–Crippen LogP) is 1.43. The fraction of sp³-hybridized carbons (Fsp3) is 0.889. The van der Waals surface area contributed by atoms with Crippen LogP contribution in [0.1, 0.15) is 6.92 Å². The predicted molar refractivity (Wildman–Crippen MR) is 70.1 cm³/mol. The van der Waals surface area contributed by atoms with Crippen molar-refractivity contribution in [1.29, 1.82) is 0 Å². The Hall–Kier alpha value is 0.160. The molecule has 0 bridgehead atoms. The molecule has 0 unspecified atom stereocenters. The number of nitrogens with one attached hydrogen (secondary N) is 1. The molecule has 1 heterocycles. The molecular weight excluding hydrogens is 302 g/mol. The molecule has 0 spiro atoms. The highest BCUT2D eigenvalue weighted by Crippen LogP contribution is 2.48. The van der Waals surface area contributed by atoms with Crippen molar-refractivity contribution >= 4 is 36.8 Å². The Morgan fingerprint density at radius 1 is 1.50 bits per heavy atom. The van der Waals surface area contributed by atoms with Crippen molar-refractivity contribution in [3.05, 3.63) is 0 Å². The average Bonchev–Trinajstić information content (AvgIpc) is 2.32. The number of carbonyl (C=O) groups is 1. The number of nitrogens with zero attached hydrogens (tertiary/aromatic N) is 1. The van der Waals surface area contributed by atoms with Crippen LogP contribution in [0, 0.1) is 0 Å². The SMILES string of the molecule is CC(=O)O[C@H]1CN[P@@](=O)(N(CCCl)CCCl)OC1. The van der Waals surface area contributed by atoms with Crippen molar-refractivity contribution in [1.82, 2.24) is 9.76 Å². The van der Waals surface area contributed by atoms with E-state index >= 15 is 0 Å². The Balaban J connectivity index is 2.56. The summed E-state index contributed by atoms with van der Waals surface area (Å²) < 4.78 is 24.4. The minimum Gasteiger partial charge on any atom is -0.459 e. The van der Waals surface area contributed by atoms with Crippen LogP contribution >= 0.6 is 30.9 Å². The van der Waals surface area contributed by atoms with E-state index in [0.717, 1.165) is 0 Å². The van der Waals surface area contributed by atoms with E-state index in [4.69, 9.17) is 32.5 Å². The van der Waals surface area contributed by atoms with Crippen LogP contribution in [0.4, 0.5) is 0 Å². The summed E-state index contributed by atoms with van der Waals surface area (Å²) in [5.41, 5.74) is 0. The lowest BCUT2D eigenvalue weighted by Crippen LogP contribution is -2.43. The van der Waals surface area contributed by atoms with Gasteiger partial charge in [0.05, 0.1) is 6.61 Å². The summed E-state index contributed by atoms with van der Waals surface area (Å²) in [6, 6.07) is 0. The highest BCUT2D eigenvalue weighted by molar-refractivity contribution is 7.54. The van der Waals surface area contributed by atoms with E-state index in [1.165, 1.54) is 6.92 Å². The van der Waals surface area contributed by atoms with Gasteiger partial charge in [0.25, 0.3) is 0 Å². The monoisotopic (exact) mass is 318 g/mol. The lowest BCUT2D eigenvalue weighted by atomic mass is 10.4. The summed E-state index contributed by atoms with van der Waals surface area (Å²) in [4.78, 5) is 10.8. The van der Waals surface area contributed by atoms with E-state index in [1.807, 2.05) is 0 Å². The smallest absolute Gasteiger partial charge is 0.343 e. The first-order valence-corrected chi connectivity index (χ1v) is 8.20. The van der Waals surface area contributed by atoms with Crippen LogP contribution < -0.4 is 5.09 Å². The van der Waals surface area contributed by atoms with Crippen molar-refractivity contribution < 1.29 is 18.6 Å². The summed E-state index contributed by atoms with van der Waals surface area (Å²) >= 11 is 11.3. The molecule has 6 nitrogen and oxygen atoms in total. The first-order chi connectivity index (χ1) is 8.51. The van der Waals surface area contributed by atoms with Gasteiger partial charge in [-0.05, 0) is 0 Å². The number of hydrogen-bond acceptors (Lipinski definition) is 4. The van der Waals surface area contributed by atoms with Crippen LogP contribution in [-0.4, -0.2) is 54.7 Å². The van der Waals surface area contributed by atoms with Gasteiger partial charge in [-0.3, -0.25) is 9.36 Å². The van der Waals surface area contributed by atoms with Gasteiger partial charge in [-0.15, -0.1) is 23.2 Å². The van der Waals surface area contributed by atoms with Gasteiger partial charge in [0.1, 0.15) is 6.10 Å². The molecule has 0 amide bonds. The van der Waals surface area contributed by atoms with Crippen molar-refractivity contribution in [2.45, 2.75) is 13.0 Å². The van der Waals surface area contributed by atoms with Gasteiger partial charge < -0.3 is 9.26 Å². The van der Waals surface area contributed by atoms with Crippen LogP contribution in [-0.2, 0) is 18.6 Å². The minimum absolute atomic E-state index is 0.102. The van der Waals surface area contributed by atoms with Gasteiger partial charge in [0.2, 0.25) is 0 Å². The maximum absolute atomic E-state index is 12.5. The average molecular weight is 319 g/mol. The number of carbonyl (C=O) groups excluding carboxylic acids is 1. The van der Waals surface area contributed by atoms with Crippen molar-refractivity contribution in [3.8, 4) is 0 Å². The molecule has 1 rings (SSSR count). The van der Waals surface area contributed by atoms with Crippen LogP contribution in [0.2, 0.25) is 0 Å². The van der Waals surface area contributed by atoms with Crippen molar-refractivity contribution in [3.63, 3.8) is 0 Å². The Morgan fingerprint density at radius 2 is 2.11 bits per heavy atom. The molecule has 0 saturated carbocycles.